The molecule has 0 spiro atoms. The summed E-state index contributed by atoms with van der Waals surface area (Å²) >= 11 is 0. The van der Waals surface area contributed by atoms with Crippen LogP contribution in [0.15, 0.2) is 0 Å². The van der Waals surface area contributed by atoms with Gasteiger partial charge in [0.05, 0.1) is 18.5 Å². The van der Waals surface area contributed by atoms with Crippen LogP contribution in [0.4, 0.5) is 0 Å². The van der Waals surface area contributed by atoms with E-state index < -0.39 is 23.5 Å². The summed E-state index contributed by atoms with van der Waals surface area (Å²) in [5, 5.41) is 20.5. The smallest absolute Gasteiger partial charge is 0.232 e. The Balaban J connectivity index is 2.14. The molecule has 0 aromatic rings. The molecule has 2 unspecified atom stereocenters. The van der Waals surface area contributed by atoms with Crippen molar-refractivity contribution in [2.75, 3.05) is 24.7 Å². The van der Waals surface area contributed by atoms with Crippen LogP contribution in [0.3, 0.4) is 0 Å². The summed E-state index contributed by atoms with van der Waals surface area (Å²) in [5.74, 6) is 0.181. The molecule has 2 atom stereocenters. The van der Waals surface area contributed by atoms with Gasteiger partial charge in [0.15, 0.2) is 0 Å². The highest BCUT2D eigenvalue weighted by Gasteiger charge is 2.16. The van der Waals surface area contributed by atoms with Crippen LogP contribution in [0.5, 0.6) is 0 Å². The molecule has 0 aliphatic heterocycles. The third-order valence-electron chi connectivity index (χ3n) is 3.19. The molecule has 1 fully saturated rings. The van der Waals surface area contributed by atoms with E-state index in [0.29, 0.717) is 12.5 Å². The topological polar surface area (TPSA) is 86.6 Å². The molecule has 18 heavy (non-hydrogen) atoms. The molecule has 3 N–H and O–H groups in total. The van der Waals surface area contributed by atoms with Crippen molar-refractivity contribution in [3.63, 3.8) is 0 Å². The third-order valence-corrected chi connectivity index (χ3v) is 4.53. The van der Waals surface area contributed by atoms with E-state index in [1.54, 1.807) is 0 Å². The second-order valence-corrected chi connectivity index (χ2v) is 6.40. The first-order valence-corrected chi connectivity index (χ1v) is 8.01. The summed E-state index contributed by atoms with van der Waals surface area (Å²) in [6, 6.07) is 0. The summed E-state index contributed by atoms with van der Waals surface area (Å²) < 4.78 is 11.5. The van der Waals surface area contributed by atoms with Gasteiger partial charge in [-0.25, -0.2) is 0 Å². The number of aliphatic hydroxyl groups excluding tert-OH is 2. The summed E-state index contributed by atoms with van der Waals surface area (Å²) in [5.41, 5.74) is 0. The largest absolute Gasteiger partial charge is 0.394 e. The average Bonchev–Trinajstić information content (AvgIpc) is 2.37. The molecule has 5 nitrogen and oxygen atoms in total. The molecule has 0 aromatic heterocycles. The lowest BCUT2D eigenvalue weighted by molar-refractivity contribution is -0.118. The second kappa shape index (κ2) is 8.61. The van der Waals surface area contributed by atoms with Crippen molar-refractivity contribution in [1.82, 2.24) is 5.32 Å². The van der Waals surface area contributed by atoms with Gasteiger partial charge in [0, 0.05) is 17.3 Å². The zero-order chi connectivity index (χ0) is 13.4. The highest BCUT2D eigenvalue weighted by atomic mass is 32.2. The van der Waals surface area contributed by atoms with Gasteiger partial charge in [0.2, 0.25) is 5.91 Å². The van der Waals surface area contributed by atoms with Crippen molar-refractivity contribution < 1.29 is 19.2 Å². The molecule has 0 aromatic carbocycles. The molecule has 1 amide bonds. The van der Waals surface area contributed by atoms with E-state index in [9.17, 15) is 9.00 Å². The quantitative estimate of drug-likeness (QED) is 0.601. The van der Waals surface area contributed by atoms with Gasteiger partial charge >= 0.3 is 0 Å². The molecular formula is C12H23NO4S. The lowest BCUT2D eigenvalue weighted by Gasteiger charge is -2.21. The Morgan fingerprint density at radius 2 is 2.00 bits per heavy atom. The number of hydrogen-bond acceptors (Lipinski definition) is 4. The minimum atomic E-state index is -1.41. The van der Waals surface area contributed by atoms with Crippen LogP contribution >= 0.6 is 0 Å². The number of nitrogens with one attached hydrogen (secondary N) is 1. The van der Waals surface area contributed by atoms with Gasteiger partial charge in [-0.1, -0.05) is 19.3 Å². The van der Waals surface area contributed by atoms with Crippen LogP contribution in [0.25, 0.3) is 0 Å². The zero-order valence-electron chi connectivity index (χ0n) is 10.6. The van der Waals surface area contributed by atoms with E-state index in [1.807, 2.05) is 0 Å². The zero-order valence-corrected chi connectivity index (χ0v) is 11.5. The van der Waals surface area contributed by atoms with Crippen LogP contribution in [0, 0.1) is 5.92 Å². The third kappa shape index (κ3) is 6.47. The van der Waals surface area contributed by atoms with E-state index in [-0.39, 0.29) is 17.4 Å². The normalized spacial score (nSPS) is 20.3. The Labute approximate surface area is 110 Å². The molecule has 1 saturated carbocycles. The van der Waals surface area contributed by atoms with Crippen LogP contribution in [0.2, 0.25) is 0 Å². The van der Waals surface area contributed by atoms with Crippen LogP contribution in [-0.4, -0.2) is 51.1 Å². The molecule has 1 aliphatic rings. The van der Waals surface area contributed by atoms with Gasteiger partial charge in [0.1, 0.15) is 5.75 Å². The fraction of sp³-hybridized carbons (Fsp3) is 0.917. The Hall–Kier alpha value is -0.460. The fourth-order valence-corrected chi connectivity index (χ4v) is 3.22. The predicted molar refractivity (Wildman–Crippen MR) is 70.6 cm³/mol. The van der Waals surface area contributed by atoms with Gasteiger partial charge in [-0.05, 0) is 18.8 Å². The molecule has 0 heterocycles. The average molecular weight is 277 g/mol. The monoisotopic (exact) mass is 277 g/mol. The summed E-state index contributed by atoms with van der Waals surface area (Å²) in [4.78, 5) is 11.5. The van der Waals surface area contributed by atoms with E-state index in [2.05, 4.69) is 5.32 Å². The van der Waals surface area contributed by atoms with Gasteiger partial charge < -0.3 is 15.5 Å². The van der Waals surface area contributed by atoms with Crippen LogP contribution in [0.1, 0.15) is 32.1 Å². The minimum absolute atomic E-state index is 0.0483. The predicted octanol–water partition coefficient (Wildman–Crippen LogP) is -0.215. The molecule has 1 aliphatic carbocycles. The van der Waals surface area contributed by atoms with Crippen molar-refractivity contribution in [2.24, 2.45) is 5.92 Å². The first kappa shape index (κ1) is 15.6. The number of hydrogen-bond donors (Lipinski definition) is 3. The molecule has 0 saturated heterocycles. The van der Waals surface area contributed by atoms with Gasteiger partial charge in [0.25, 0.3) is 0 Å². The van der Waals surface area contributed by atoms with Crippen molar-refractivity contribution in [3.8, 4) is 0 Å². The number of amides is 1. The molecule has 0 bridgehead atoms. The van der Waals surface area contributed by atoms with Gasteiger partial charge in [-0.2, -0.15) is 0 Å². The Morgan fingerprint density at radius 1 is 1.33 bits per heavy atom. The maximum atomic E-state index is 11.5. The fourth-order valence-electron chi connectivity index (χ4n) is 2.17. The summed E-state index contributed by atoms with van der Waals surface area (Å²) in [6.45, 7) is 0.244. The lowest BCUT2D eigenvalue weighted by Crippen LogP contribution is -2.35. The standard InChI is InChI=1S/C12H23NO4S/c14-7-11(15)8-18(17)9-12(16)13-6-10-4-2-1-3-5-10/h10-11,14-15H,1-9H2,(H,13,16). The molecule has 6 heteroatoms. The van der Waals surface area contributed by atoms with Gasteiger partial charge in [-0.3, -0.25) is 9.00 Å². The highest BCUT2D eigenvalue weighted by Crippen LogP contribution is 2.22. The number of aliphatic hydroxyl groups is 2. The number of rotatable bonds is 7. The van der Waals surface area contributed by atoms with Crippen LogP contribution < -0.4 is 5.32 Å². The minimum Gasteiger partial charge on any atom is -0.394 e. The van der Waals surface area contributed by atoms with Crippen molar-refractivity contribution in [2.45, 2.75) is 38.2 Å². The van der Waals surface area contributed by atoms with Gasteiger partial charge in [-0.15, -0.1) is 0 Å². The maximum Gasteiger partial charge on any atom is 0.232 e. The number of carbonyl (C=O) groups excluding carboxylic acids is 1. The molecular weight excluding hydrogens is 254 g/mol. The van der Waals surface area contributed by atoms with E-state index in [4.69, 9.17) is 10.2 Å². The SMILES string of the molecule is O=C(CS(=O)CC(O)CO)NCC1CCCCC1. The first-order chi connectivity index (χ1) is 8.61. The first-order valence-electron chi connectivity index (χ1n) is 6.52. The lowest BCUT2D eigenvalue weighted by atomic mass is 9.89. The number of carbonyl (C=O) groups is 1. The van der Waals surface area contributed by atoms with Crippen molar-refractivity contribution in [3.05, 3.63) is 0 Å². The molecule has 1 rings (SSSR count). The summed E-state index contributed by atoms with van der Waals surface area (Å²) in [6.07, 6.45) is 5.06. The van der Waals surface area contributed by atoms with E-state index in [0.717, 1.165) is 12.8 Å². The highest BCUT2D eigenvalue weighted by molar-refractivity contribution is 7.85. The van der Waals surface area contributed by atoms with E-state index >= 15 is 0 Å². The maximum absolute atomic E-state index is 11.5. The van der Waals surface area contributed by atoms with Crippen molar-refractivity contribution >= 4 is 16.7 Å². The summed E-state index contributed by atoms with van der Waals surface area (Å²) in [7, 11) is -1.41. The second-order valence-electron chi connectivity index (χ2n) is 4.90. The Kier molecular flexibility index (Phi) is 7.46. The van der Waals surface area contributed by atoms with Crippen LogP contribution in [-0.2, 0) is 15.6 Å². The Bertz CT molecular complexity index is 279. The Morgan fingerprint density at radius 3 is 2.61 bits per heavy atom. The molecule has 0 radical (unpaired) electrons. The molecule has 106 valence electrons. The van der Waals surface area contributed by atoms with Crippen molar-refractivity contribution in [1.29, 1.82) is 0 Å². The van der Waals surface area contributed by atoms with E-state index in [1.165, 1.54) is 19.3 Å².